The molecule has 3 aromatic carbocycles. The van der Waals surface area contributed by atoms with Gasteiger partial charge in [0.25, 0.3) is 0 Å². The number of halogens is 1. The fourth-order valence-electron chi connectivity index (χ4n) is 4.35. The maximum Gasteiger partial charge on any atom is 0.335 e. The number of hydrogen-bond donors (Lipinski definition) is 2. The molecule has 1 atom stereocenters. The molecule has 8 nitrogen and oxygen atoms in total. The minimum Gasteiger partial charge on any atom is -0.618 e. The van der Waals surface area contributed by atoms with E-state index in [-0.39, 0.29) is 17.7 Å². The third-order valence-electron chi connectivity index (χ3n) is 6.29. The van der Waals surface area contributed by atoms with Crippen LogP contribution in [-0.4, -0.2) is 22.0 Å². The smallest absolute Gasteiger partial charge is 0.335 e. The van der Waals surface area contributed by atoms with Gasteiger partial charge in [0.05, 0.1) is 11.8 Å². The highest BCUT2D eigenvalue weighted by Gasteiger charge is 2.29. The van der Waals surface area contributed by atoms with Crippen molar-refractivity contribution in [2.45, 2.75) is 12.3 Å². The number of oxazole rings is 1. The fourth-order valence-corrected chi connectivity index (χ4v) is 4.52. The number of nitrogens with one attached hydrogen (secondary N) is 1. The minimum atomic E-state index is -1.06. The number of carbonyl (C=O) groups excluding carboxylic acids is 1. The molecule has 0 saturated carbocycles. The number of nitrogens with zero attached hydrogens (tertiary/aromatic N) is 2. The van der Waals surface area contributed by atoms with Gasteiger partial charge in [-0.2, -0.15) is 4.73 Å². The van der Waals surface area contributed by atoms with Crippen molar-refractivity contribution < 1.29 is 23.8 Å². The number of benzene rings is 3. The highest BCUT2D eigenvalue weighted by Crippen LogP contribution is 2.34. The molecule has 5 aromatic rings. The summed E-state index contributed by atoms with van der Waals surface area (Å²) in [4.78, 5) is 28.6. The normalized spacial score (nSPS) is 11.6. The van der Waals surface area contributed by atoms with Crippen LogP contribution in [0.3, 0.4) is 0 Å². The molecule has 0 saturated heterocycles. The van der Waals surface area contributed by atoms with Crippen LogP contribution in [0.5, 0.6) is 0 Å². The van der Waals surface area contributed by atoms with E-state index in [9.17, 15) is 14.8 Å². The van der Waals surface area contributed by atoms with Gasteiger partial charge in [-0.25, -0.2) is 9.78 Å². The van der Waals surface area contributed by atoms with Gasteiger partial charge in [0.15, 0.2) is 18.4 Å². The lowest BCUT2D eigenvalue weighted by Crippen LogP contribution is -2.38. The summed E-state index contributed by atoms with van der Waals surface area (Å²) in [5, 5.41) is 25.9. The van der Waals surface area contributed by atoms with E-state index in [2.05, 4.69) is 10.3 Å². The molecule has 1 unspecified atom stereocenters. The second-order valence-corrected chi connectivity index (χ2v) is 9.27. The molecule has 1 amide bonds. The Morgan fingerprint density at radius 2 is 1.77 bits per heavy atom. The molecule has 0 fully saturated rings. The van der Waals surface area contributed by atoms with E-state index in [0.717, 1.165) is 5.56 Å². The first-order valence-corrected chi connectivity index (χ1v) is 12.4. The van der Waals surface area contributed by atoms with Crippen molar-refractivity contribution in [3.8, 4) is 22.5 Å². The van der Waals surface area contributed by atoms with Crippen LogP contribution in [0.15, 0.2) is 108 Å². The fraction of sp³-hybridized carbons (Fsp3) is 0.0667. The van der Waals surface area contributed by atoms with Crippen LogP contribution in [0, 0.1) is 5.21 Å². The average molecular weight is 540 g/mol. The van der Waals surface area contributed by atoms with E-state index >= 15 is 0 Å². The third kappa shape index (κ3) is 5.81. The van der Waals surface area contributed by atoms with Crippen LogP contribution < -0.4 is 10.0 Å². The molecule has 0 radical (unpaired) electrons. The standard InChI is InChI=1S/C30H22ClN3O5/c31-22-9-12-24(28-16-32-18-39-28)25(15-22)21-8-13-27(34(38)17-21)26(14-19-4-2-1-3-5-19)29(35)33-23-10-6-20(7-11-23)30(36)37/h1-13,15-18,26H,14H2,(H,33,35)(H,36,37). The zero-order valence-electron chi connectivity index (χ0n) is 20.5. The number of carboxylic acids is 1. The highest BCUT2D eigenvalue weighted by atomic mass is 35.5. The number of aromatic carboxylic acids is 1. The lowest BCUT2D eigenvalue weighted by molar-refractivity contribution is -0.614. The van der Waals surface area contributed by atoms with Gasteiger partial charge in [-0.3, -0.25) is 4.79 Å². The maximum atomic E-state index is 13.5. The molecule has 2 aromatic heterocycles. The summed E-state index contributed by atoms with van der Waals surface area (Å²) in [6.07, 6.45) is 4.60. The number of rotatable bonds is 8. The van der Waals surface area contributed by atoms with Crippen molar-refractivity contribution in [2.24, 2.45) is 0 Å². The Bertz CT molecular complexity index is 1620. The van der Waals surface area contributed by atoms with E-state index in [0.29, 0.717) is 37.9 Å². The second kappa shape index (κ2) is 11.2. The highest BCUT2D eigenvalue weighted by molar-refractivity contribution is 6.31. The molecule has 39 heavy (non-hydrogen) atoms. The Hall–Kier alpha value is -4.95. The number of amides is 1. The quantitative estimate of drug-likeness (QED) is 0.185. The SMILES string of the molecule is O=C(O)c1ccc(NC(=O)C(Cc2ccccc2)c2ccc(-c3cc(Cl)ccc3-c3cnco3)c[n+]2[O-])cc1. The first-order valence-electron chi connectivity index (χ1n) is 12.0. The van der Waals surface area contributed by atoms with Crippen molar-refractivity contribution in [3.05, 3.63) is 131 Å². The summed E-state index contributed by atoms with van der Waals surface area (Å²) in [7, 11) is 0. The van der Waals surface area contributed by atoms with Crippen LogP contribution in [0.1, 0.15) is 27.5 Å². The number of aromatic nitrogens is 2. The van der Waals surface area contributed by atoms with E-state index < -0.39 is 17.8 Å². The van der Waals surface area contributed by atoms with E-state index in [4.69, 9.17) is 21.1 Å². The Kier molecular flexibility index (Phi) is 7.38. The number of hydrogen-bond acceptors (Lipinski definition) is 5. The van der Waals surface area contributed by atoms with Crippen molar-refractivity contribution >= 4 is 29.2 Å². The van der Waals surface area contributed by atoms with Crippen molar-refractivity contribution in [1.82, 2.24) is 4.98 Å². The number of anilines is 1. The monoisotopic (exact) mass is 539 g/mol. The van der Waals surface area contributed by atoms with Gasteiger partial charge in [-0.1, -0.05) is 41.9 Å². The molecule has 2 N–H and O–H groups in total. The second-order valence-electron chi connectivity index (χ2n) is 8.84. The van der Waals surface area contributed by atoms with Crippen molar-refractivity contribution in [3.63, 3.8) is 0 Å². The third-order valence-corrected chi connectivity index (χ3v) is 6.53. The lowest BCUT2D eigenvalue weighted by Gasteiger charge is -2.18. The number of pyridine rings is 1. The Labute approximate surface area is 228 Å². The van der Waals surface area contributed by atoms with Crippen LogP contribution in [0.25, 0.3) is 22.5 Å². The predicted molar refractivity (Wildman–Crippen MR) is 146 cm³/mol. The van der Waals surface area contributed by atoms with Gasteiger partial charge in [0.2, 0.25) is 11.6 Å². The summed E-state index contributed by atoms with van der Waals surface area (Å²) in [6.45, 7) is 0. The molecule has 0 aliphatic heterocycles. The summed E-state index contributed by atoms with van der Waals surface area (Å²) < 4.78 is 6.16. The molecule has 9 heteroatoms. The van der Waals surface area contributed by atoms with Crippen molar-refractivity contribution in [2.75, 3.05) is 5.32 Å². The molecule has 0 aliphatic rings. The summed E-state index contributed by atoms with van der Waals surface area (Å²) in [6, 6.07) is 23.9. The Morgan fingerprint density at radius 3 is 2.44 bits per heavy atom. The zero-order valence-corrected chi connectivity index (χ0v) is 21.2. The predicted octanol–water partition coefficient (Wildman–Crippen LogP) is 5.96. The zero-order chi connectivity index (χ0) is 27.4. The van der Waals surface area contributed by atoms with Crippen LogP contribution in [-0.2, 0) is 11.2 Å². The van der Waals surface area contributed by atoms with Gasteiger partial charge in [0, 0.05) is 33.5 Å². The first kappa shape index (κ1) is 25.7. The molecule has 5 rings (SSSR count). The average Bonchev–Trinajstić information content (AvgIpc) is 3.48. The Morgan fingerprint density at radius 1 is 1.00 bits per heavy atom. The molecular weight excluding hydrogens is 518 g/mol. The molecule has 0 bridgehead atoms. The maximum absolute atomic E-state index is 13.5. The van der Waals surface area contributed by atoms with Crippen LogP contribution in [0.2, 0.25) is 5.02 Å². The van der Waals surface area contributed by atoms with Gasteiger partial charge in [-0.05, 0) is 60.5 Å². The largest absolute Gasteiger partial charge is 0.618 e. The van der Waals surface area contributed by atoms with Gasteiger partial charge in [0.1, 0.15) is 5.92 Å². The molecule has 0 aliphatic carbocycles. The summed E-state index contributed by atoms with van der Waals surface area (Å²) in [5.74, 6) is -1.76. The topological polar surface area (TPSA) is 119 Å². The van der Waals surface area contributed by atoms with E-state index in [1.807, 2.05) is 30.3 Å². The molecule has 194 valence electrons. The van der Waals surface area contributed by atoms with Crippen molar-refractivity contribution in [1.29, 1.82) is 0 Å². The van der Waals surface area contributed by atoms with Gasteiger partial charge < -0.3 is 20.0 Å². The molecular formula is C30H22ClN3O5. The van der Waals surface area contributed by atoms with Gasteiger partial charge >= 0.3 is 5.97 Å². The minimum absolute atomic E-state index is 0.104. The van der Waals surface area contributed by atoms with Gasteiger partial charge in [-0.15, -0.1) is 0 Å². The first-order chi connectivity index (χ1) is 18.9. The lowest BCUT2D eigenvalue weighted by atomic mass is 9.93. The van der Waals surface area contributed by atoms with Crippen LogP contribution in [0.4, 0.5) is 5.69 Å². The van der Waals surface area contributed by atoms with Crippen LogP contribution >= 0.6 is 11.6 Å². The summed E-state index contributed by atoms with van der Waals surface area (Å²) in [5.41, 5.74) is 3.65. The number of carbonyl (C=O) groups is 2. The number of carboxylic acid groups (broad SMARTS) is 1. The molecule has 2 heterocycles. The summed E-state index contributed by atoms with van der Waals surface area (Å²) >= 11 is 6.27. The van der Waals surface area contributed by atoms with E-state index in [1.165, 1.54) is 36.9 Å². The molecule has 0 spiro atoms. The van der Waals surface area contributed by atoms with E-state index in [1.54, 1.807) is 36.5 Å². The Balaban J connectivity index is 1.50.